The maximum absolute atomic E-state index is 12.5. The second kappa shape index (κ2) is 6.95. The summed E-state index contributed by atoms with van der Waals surface area (Å²) < 4.78 is 37.7. The number of hydrogen-bond acceptors (Lipinski definition) is 5. The largest absolute Gasteiger partial charge is 0.496 e. The van der Waals surface area contributed by atoms with Crippen molar-refractivity contribution in [2.45, 2.75) is 4.90 Å². The van der Waals surface area contributed by atoms with E-state index in [0.29, 0.717) is 17.1 Å². The average Bonchev–Trinajstić information content (AvgIpc) is 3.04. The monoisotopic (exact) mass is 398 g/mol. The van der Waals surface area contributed by atoms with Gasteiger partial charge < -0.3 is 9.26 Å². The number of nitrogens with one attached hydrogen (secondary N) is 1. The zero-order chi connectivity index (χ0) is 18.0. The van der Waals surface area contributed by atoms with Crippen LogP contribution >= 0.6 is 23.2 Å². The topological polar surface area (TPSA) is 81.4 Å². The van der Waals surface area contributed by atoms with E-state index in [1.54, 1.807) is 18.2 Å². The average molecular weight is 399 g/mol. The molecule has 0 saturated carbocycles. The Morgan fingerprint density at radius 1 is 1.12 bits per heavy atom. The van der Waals surface area contributed by atoms with E-state index in [1.165, 1.54) is 31.4 Å². The van der Waals surface area contributed by atoms with Crippen LogP contribution in [0.1, 0.15) is 0 Å². The number of sulfonamides is 1. The van der Waals surface area contributed by atoms with Gasteiger partial charge in [0.2, 0.25) is 0 Å². The molecule has 0 aliphatic heterocycles. The van der Waals surface area contributed by atoms with E-state index >= 15 is 0 Å². The van der Waals surface area contributed by atoms with E-state index in [9.17, 15) is 8.42 Å². The number of rotatable bonds is 5. The van der Waals surface area contributed by atoms with Crippen LogP contribution < -0.4 is 9.46 Å². The molecule has 0 atom stereocenters. The van der Waals surface area contributed by atoms with Gasteiger partial charge in [-0.15, -0.1) is 0 Å². The summed E-state index contributed by atoms with van der Waals surface area (Å²) in [5, 5.41) is 4.03. The standard InChI is InChI=1S/C16H12Cl2N2O4S/c1-23-13-5-3-2-4-11(13)14-9-16(19-24-14)20-25(21,22)15-8-10(17)6-7-12(15)18/h2-9H,1H3,(H,19,20). The minimum absolute atomic E-state index is 0.0111. The molecule has 0 bridgehead atoms. The fourth-order valence-electron chi connectivity index (χ4n) is 2.17. The third kappa shape index (κ3) is 3.73. The molecule has 25 heavy (non-hydrogen) atoms. The van der Waals surface area contributed by atoms with Gasteiger partial charge in [0.1, 0.15) is 10.6 Å². The Bertz CT molecular complexity index is 1020. The third-order valence-electron chi connectivity index (χ3n) is 3.30. The van der Waals surface area contributed by atoms with Gasteiger partial charge in [0.05, 0.1) is 17.7 Å². The van der Waals surface area contributed by atoms with Crippen LogP contribution in [0.4, 0.5) is 5.82 Å². The normalized spacial score (nSPS) is 11.3. The molecule has 0 aliphatic carbocycles. The lowest BCUT2D eigenvalue weighted by Crippen LogP contribution is -2.13. The highest BCUT2D eigenvalue weighted by Crippen LogP contribution is 2.32. The van der Waals surface area contributed by atoms with Crippen LogP contribution in [0.25, 0.3) is 11.3 Å². The molecule has 0 fully saturated rings. The molecule has 0 aliphatic rings. The van der Waals surface area contributed by atoms with Crippen molar-refractivity contribution in [3.63, 3.8) is 0 Å². The number of benzene rings is 2. The van der Waals surface area contributed by atoms with Gasteiger partial charge >= 0.3 is 0 Å². The molecule has 3 rings (SSSR count). The Hall–Kier alpha value is -2.22. The molecule has 9 heteroatoms. The Morgan fingerprint density at radius 2 is 1.88 bits per heavy atom. The summed E-state index contributed by atoms with van der Waals surface area (Å²) in [5.74, 6) is 0.940. The van der Waals surface area contributed by atoms with Gasteiger partial charge in [0, 0.05) is 11.1 Å². The van der Waals surface area contributed by atoms with Crippen molar-refractivity contribution in [2.24, 2.45) is 0 Å². The van der Waals surface area contributed by atoms with Crippen molar-refractivity contribution >= 4 is 39.0 Å². The SMILES string of the molecule is COc1ccccc1-c1cc(NS(=O)(=O)c2cc(Cl)ccc2Cl)no1. The Balaban J connectivity index is 1.92. The summed E-state index contributed by atoms with van der Waals surface area (Å²) in [7, 11) is -2.44. The summed E-state index contributed by atoms with van der Waals surface area (Å²) in [5.41, 5.74) is 0.642. The predicted molar refractivity (Wildman–Crippen MR) is 95.8 cm³/mol. The smallest absolute Gasteiger partial charge is 0.264 e. The summed E-state index contributed by atoms with van der Waals surface area (Å²) in [6.45, 7) is 0. The van der Waals surface area contributed by atoms with Crippen LogP contribution in [0.3, 0.4) is 0 Å². The molecule has 0 saturated heterocycles. The molecule has 6 nitrogen and oxygen atoms in total. The fourth-order valence-corrected chi connectivity index (χ4v) is 3.92. The summed E-state index contributed by atoms with van der Waals surface area (Å²) >= 11 is 11.8. The zero-order valence-corrected chi connectivity index (χ0v) is 15.2. The van der Waals surface area contributed by atoms with Crippen molar-refractivity contribution < 1.29 is 17.7 Å². The molecular formula is C16H12Cl2N2O4S. The molecule has 1 heterocycles. The van der Waals surface area contributed by atoms with Gasteiger partial charge in [-0.2, -0.15) is 0 Å². The molecule has 2 aromatic carbocycles. The van der Waals surface area contributed by atoms with Crippen molar-refractivity contribution in [3.8, 4) is 17.1 Å². The molecule has 0 radical (unpaired) electrons. The van der Waals surface area contributed by atoms with Crippen LogP contribution in [-0.4, -0.2) is 20.7 Å². The molecule has 0 unspecified atom stereocenters. The van der Waals surface area contributed by atoms with E-state index in [1.807, 2.05) is 6.07 Å². The van der Waals surface area contributed by atoms with Crippen LogP contribution in [0, 0.1) is 0 Å². The van der Waals surface area contributed by atoms with E-state index in [-0.39, 0.29) is 20.8 Å². The molecule has 1 N–H and O–H groups in total. The lowest BCUT2D eigenvalue weighted by molar-refractivity contribution is 0.407. The first-order valence-corrected chi connectivity index (χ1v) is 9.22. The first-order chi connectivity index (χ1) is 11.9. The highest BCUT2D eigenvalue weighted by atomic mass is 35.5. The molecule has 3 aromatic rings. The Morgan fingerprint density at radius 3 is 2.64 bits per heavy atom. The van der Waals surface area contributed by atoms with Gasteiger partial charge in [-0.3, -0.25) is 4.72 Å². The minimum atomic E-state index is -3.97. The van der Waals surface area contributed by atoms with Gasteiger partial charge in [0.15, 0.2) is 11.6 Å². The maximum Gasteiger partial charge on any atom is 0.264 e. The van der Waals surface area contributed by atoms with Crippen molar-refractivity contribution in [2.75, 3.05) is 11.8 Å². The Labute approximate surface area is 154 Å². The van der Waals surface area contributed by atoms with Crippen LogP contribution in [-0.2, 0) is 10.0 Å². The molecule has 1 aromatic heterocycles. The first-order valence-electron chi connectivity index (χ1n) is 6.98. The lowest BCUT2D eigenvalue weighted by Gasteiger charge is -2.07. The minimum Gasteiger partial charge on any atom is -0.496 e. The first kappa shape index (κ1) is 17.6. The van der Waals surface area contributed by atoms with E-state index in [4.69, 9.17) is 32.5 Å². The quantitative estimate of drug-likeness (QED) is 0.685. The third-order valence-corrected chi connectivity index (χ3v) is 5.38. The van der Waals surface area contributed by atoms with Gasteiger partial charge in [0.25, 0.3) is 10.0 Å². The number of aromatic nitrogens is 1. The number of nitrogens with zero attached hydrogens (tertiary/aromatic N) is 1. The second-order valence-corrected chi connectivity index (χ2v) is 7.45. The fraction of sp³-hybridized carbons (Fsp3) is 0.0625. The van der Waals surface area contributed by atoms with Crippen molar-refractivity contribution in [1.82, 2.24) is 5.16 Å². The summed E-state index contributed by atoms with van der Waals surface area (Å²) in [4.78, 5) is -0.150. The number of para-hydroxylation sites is 1. The van der Waals surface area contributed by atoms with Gasteiger partial charge in [-0.05, 0) is 30.3 Å². The summed E-state index contributed by atoms with van der Waals surface area (Å²) in [6, 6.07) is 12.7. The maximum atomic E-state index is 12.5. The van der Waals surface area contributed by atoms with Crippen molar-refractivity contribution in [3.05, 3.63) is 58.6 Å². The van der Waals surface area contributed by atoms with Crippen LogP contribution in [0.2, 0.25) is 10.0 Å². The molecular weight excluding hydrogens is 387 g/mol. The van der Waals surface area contributed by atoms with E-state index < -0.39 is 10.0 Å². The molecule has 0 amide bonds. The molecule has 130 valence electrons. The van der Waals surface area contributed by atoms with E-state index in [2.05, 4.69) is 9.88 Å². The summed E-state index contributed by atoms with van der Waals surface area (Å²) in [6.07, 6.45) is 0. The van der Waals surface area contributed by atoms with E-state index in [0.717, 1.165) is 0 Å². The van der Waals surface area contributed by atoms with Crippen LogP contribution in [0.5, 0.6) is 5.75 Å². The van der Waals surface area contributed by atoms with Crippen molar-refractivity contribution in [1.29, 1.82) is 0 Å². The lowest BCUT2D eigenvalue weighted by atomic mass is 10.1. The number of anilines is 1. The van der Waals surface area contributed by atoms with Gasteiger partial charge in [-0.25, -0.2) is 8.42 Å². The predicted octanol–water partition coefficient (Wildman–Crippen LogP) is 4.46. The van der Waals surface area contributed by atoms with Gasteiger partial charge in [-0.1, -0.05) is 40.5 Å². The second-order valence-electron chi connectivity index (χ2n) is 4.96. The van der Waals surface area contributed by atoms with Crippen LogP contribution in [0.15, 0.2) is 57.9 Å². The highest BCUT2D eigenvalue weighted by molar-refractivity contribution is 7.92. The Kier molecular flexibility index (Phi) is 4.89. The number of halogens is 2. The highest BCUT2D eigenvalue weighted by Gasteiger charge is 2.21. The number of methoxy groups -OCH3 is 1. The molecule has 0 spiro atoms. The number of hydrogen-bond donors (Lipinski definition) is 1. The zero-order valence-electron chi connectivity index (χ0n) is 12.9. The number of ether oxygens (including phenoxy) is 1.